The van der Waals surface area contributed by atoms with Crippen LogP contribution in [0, 0.1) is 6.92 Å². The van der Waals surface area contributed by atoms with Crippen molar-refractivity contribution >= 4 is 31.6 Å². The number of rotatable bonds is 5. The summed E-state index contributed by atoms with van der Waals surface area (Å²) >= 11 is 1.72. The maximum atomic E-state index is 13.1. The predicted molar refractivity (Wildman–Crippen MR) is 111 cm³/mol. The highest BCUT2D eigenvalue weighted by molar-refractivity contribution is 7.89. The van der Waals surface area contributed by atoms with E-state index in [1.165, 1.54) is 16.7 Å². The van der Waals surface area contributed by atoms with Crippen molar-refractivity contribution in [1.82, 2.24) is 9.29 Å². The molecule has 1 aliphatic rings. The molecule has 1 aliphatic heterocycles. The van der Waals surface area contributed by atoms with Crippen LogP contribution in [-0.2, 0) is 16.6 Å². The number of nitrogens with one attached hydrogen (secondary N) is 1. The topological polar surface area (TPSA) is 63.9 Å². The van der Waals surface area contributed by atoms with Gasteiger partial charge in [0.25, 0.3) is 0 Å². The van der Waals surface area contributed by atoms with Gasteiger partial charge in [-0.3, -0.25) is 0 Å². The van der Waals surface area contributed by atoms with Crippen molar-refractivity contribution in [2.45, 2.75) is 18.4 Å². The van der Waals surface area contributed by atoms with Crippen LogP contribution >= 0.6 is 11.3 Å². The van der Waals surface area contributed by atoms with Crippen LogP contribution in [-0.4, -0.2) is 51.0 Å². The summed E-state index contributed by atoms with van der Waals surface area (Å²) < 4.78 is 34.3. The second-order valence-electron chi connectivity index (χ2n) is 7.06. The number of para-hydroxylation sites is 1. The highest BCUT2D eigenvalue weighted by Gasteiger charge is 2.32. The molecular weight excluding hydrogens is 394 g/mol. The Hall–Kier alpha value is -2.00. The number of methoxy groups -OCH3 is 1. The fourth-order valence-corrected chi connectivity index (χ4v) is 6.27. The van der Waals surface area contributed by atoms with Gasteiger partial charge in [0, 0.05) is 0 Å². The van der Waals surface area contributed by atoms with Gasteiger partial charge in [-0.05, 0) is 36.8 Å². The first kappa shape index (κ1) is 19.3. The summed E-state index contributed by atoms with van der Waals surface area (Å²) in [5.41, 5.74) is 1.94. The fourth-order valence-electron chi connectivity index (χ4n) is 3.55. The molecule has 1 aromatic heterocycles. The molecule has 4 rings (SSSR count). The number of hydrogen-bond acceptors (Lipinski definition) is 5. The van der Waals surface area contributed by atoms with E-state index >= 15 is 0 Å². The molecule has 0 saturated carbocycles. The third kappa shape index (κ3) is 3.77. The van der Waals surface area contributed by atoms with Crippen LogP contribution in [0.25, 0.3) is 10.2 Å². The molecule has 2 aromatic carbocycles. The molecule has 3 aromatic rings. The maximum Gasteiger partial charge on any atom is 0.247 e. The number of quaternary nitrogens is 1. The smallest absolute Gasteiger partial charge is 0.247 e. The van der Waals surface area contributed by atoms with E-state index in [4.69, 9.17) is 9.72 Å². The Bertz CT molecular complexity index is 1050. The average molecular weight is 419 g/mol. The average Bonchev–Trinajstić information content (AvgIpc) is 3.10. The van der Waals surface area contributed by atoms with Gasteiger partial charge in [0.2, 0.25) is 10.0 Å². The lowest BCUT2D eigenvalue weighted by atomic mass is 10.2. The zero-order valence-corrected chi connectivity index (χ0v) is 17.6. The van der Waals surface area contributed by atoms with Crippen molar-refractivity contribution in [1.29, 1.82) is 0 Å². The van der Waals surface area contributed by atoms with Gasteiger partial charge in [-0.15, -0.1) is 11.3 Å². The minimum absolute atomic E-state index is 0.254. The van der Waals surface area contributed by atoms with Gasteiger partial charge in [0.05, 0.1) is 43.5 Å². The summed E-state index contributed by atoms with van der Waals surface area (Å²) in [7, 11) is -2.06. The number of ether oxygens (including phenoxy) is 1. The molecule has 8 heteroatoms. The largest absolute Gasteiger partial charge is 0.495 e. The summed E-state index contributed by atoms with van der Waals surface area (Å²) in [4.78, 5) is 6.32. The van der Waals surface area contributed by atoms with Crippen LogP contribution in [0.1, 0.15) is 10.6 Å². The van der Waals surface area contributed by atoms with E-state index in [-0.39, 0.29) is 4.90 Å². The minimum atomic E-state index is -3.56. The summed E-state index contributed by atoms with van der Waals surface area (Å²) in [6, 6.07) is 13.4. The maximum absolute atomic E-state index is 13.1. The molecule has 0 atom stereocenters. The van der Waals surface area contributed by atoms with Crippen molar-refractivity contribution in [3.63, 3.8) is 0 Å². The zero-order chi connectivity index (χ0) is 19.7. The van der Waals surface area contributed by atoms with E-state index in [2.05, 4.69) is 6.07 Å². The summed E-state index contributed by atoms with van der Waals surface area (Å²) in [5.74, 6) is 0.398. The van der Waals surface area contributed by atoms with Crippen LogP contribution in [0.3, 0.4) is 0 Å². The molecule has 148 valence electrons. The van der Waals surface area contributed by atoms with E-state index in [9.17, 15) is 8.42 Å². The molecule has 0 radical (unpaired) electrons. The number of nitrogens with zero attached hydrogens (tertiary/aromatic N) is 2. The summed E-state index contributed by atoms with van der Waals surface area (Å²) in [5, 5.41) is 1.10. The van der Waals surface area contributed by atoms with E-state index < -0.39 is 10.0 Å². The monoisotopic (exact) mass is 418 g/mol. The molecule has 0 spiro atoms. The van der Waals surface area contributed by atoms with Crippen molar-refractivity contribution in [2.24, 2.45) is 0 Å². The van der Waals surface area contributed by atoms with Crippen LogP contribution < -0.4 is 9.64 Å². The number of hydrogen-bond donors (Lipinski definition) is 1. The van der Waals surface area contributed by atoms with Crippen molar-refractivity contribution in [3.8, 4) is 5.75 Å². The fraction of sp³-hybridized carbons (Fsp3) is 0.350. The lowest BCUT2D eigenvalue weighted by molar-refractivity contribution is -0.917. The molecule has 0 amide bonds. The molecule has 28 heavy (non-hydrogen) atoms. The number of thiazole rings is 1. The first-order valence-corrected chi connectivity index (χ1v) is 11.6. The number of aryl methyl sites for hydroxylation is 1. The van der Waals surface area contributed by atoms with Gasteiger partial charge in [-0.25, -0.2) is 13.4 Å². The second kappa shape index (κ2) is 7.79. The third-order valence-electron chi connectivity index (χ3n) is 5.11. The minimum Gasteiger partial charge on any atom is -0.495 e. The Morgan fingerprint density at radius 1 is 1.18 bits per heavy atom. The van der Waals surface area contributed by atoms with Gasteiger partial charge in [-0.2, -0.15) is 4.31 Å². The predicted octanol–water partition coefficient (Wildman–Crippen LogP) is 1.70. The molecule has 0 bridgehead atoms. The Balaban J connectivity index is 1.45. The highest BCUT2D eigenvalue weighted by Crippen LogP contribution is 2.27. The summed E-state index contributed by atoms with van der Waals surface area (Å²) in [6.07, 6.45) is 0. The lowest BCUT2D eigenvalue weighted by Crippen LogP contribution is -3.13. The molecule has 6 nitrogen and oxygen atoms in total. The van der Waals surface area contributed by atoms with E-state index in [1.807, 2.05) is 31.2 Å². The Morgan fingerprint density at radius 3 is 2.64 bits per heavy atom. The van der Waals surface area contributed by atoms with Crippen LogP contribution in [0.2, 0.25) is 0 Å². The first-order chi connectivity index (χ1) is 13.5. The van der Waals surface area contributed by atoms with Crippen LogP contribution in [0.4, 0.5) is 0 Å². The summed E-state index contributed by atoms with van der Waals surface area (Å²) in [6.45, 7) is 5.26. The quantitative estimate of drug-likeness (QED) is 0.685. The molecule has 1 saturated heterocycles. The number of sulfonamides is 1. The Morgan fingerprint density at radius 2 is 1.93 bits per heavy atom. The van der Waals surface area contributed by atoms with Gasteiger partial charge >= 0.3 is 0 Å². The molecule has 0 unspecified atom stereocenters. The molecule has 1 fully saturated rings. The molecule has 2 heterocycles. The van der Waals surface area contributed by atoms with Crippen LogP contribution in [0.5, 0.6) is 5.75 Å². The van der Waals surface area contributed by atoms with Gasteiger partial charge in [0.15, 0.2) is 0 Å². The third-order valence-corrected chi connectivity index (χ3v) is 8.06. The molecule has 1 N–H and O–H groups in total. The number of piperazine rings is 1. The molecule has 0 aliphatic carbocycles. The van der Waals surface area contributed by atoms with Crippen molar-refractivity contribution < 1.29 is 18.1 Å². The molecular formula is C20H24N3O3S2+. The number of fused-ring (bicyclic) bond motifs is 1. The van der Waals surface area contributed by atoms with Gasteiger partial charge in [0.1, 0.15) is 22.2 Å². The lowest BCUT2D eigenvalue weighted by Gasteiger charge is -2.31. The number of benzene rings is 2. The Kier molecular flexibility index (Phi) is 5.37. The van der Waals surface area contributed by atoms with E-state index in [0.717, 1.165) is 35.7 Å². The van der Waals surface area contributed by atoms with Gasteiger partial charge < -0.3 is 9.64 Å². The van der Waals surface area contributed by atoms with Crippen molar-refractivity contribution in [2.75, 3.05) is 33.3 Å². The zero-order valence-electron chi connectivity index (χ0n) is 16.0. The normalized spacial score (nSPS) is 16.5. The van der Waals surface area contributed by atoms with Crippen LogP contribution in [0.15, 0.2) is 47.4 Å². The standard InChI is InChI=1S/C20H23N3O3S2/c1-15-7-8-17(26-2)19(13-15)28(24,25)23-11-9-22(10-12-23)14-20-21-16-5-3-4-6-18(16)27-20/h3-8,13H,9-12,14H2,1-2H3/p+1. The second-order valence-corrected chi connectivity index (χ2v) is 10.1. The highest BCUT2D eigenvalue weighted by atomic mass is 32.2. The van der Waals surface area contributed by atoms with E-state index in [0.29, 0.717) is 18.8 Å². The van der Waals surface area contributed by atoms with E-state index in [1.54, 1.807) is 27.8 Å². The SMILES string of the molecule is COc1ccc(C)cc1S(=O)(=O)N1CC[NH+](Cc2nc3ccccc3s2)CC1. The van der Waals surface area contributed by atoms with Gasteiger partial charge in [-0.1, -0.05) is 18.2 Å². The Labute approximate surface area is 169 Å². The first-order valence-electron chi connectivity index (χ1n) is 9.30. The van der Waals surface area contributed by atoms with Crippen molar-refractivity contribution in [3.05, 3.63) is 53.0 Å². The number of aromatic nitrogens is 1.